The van der Waals surface area contributed by atoms with Crippen molar-refractivity contribution in [2.24, 2.45) is 0 Å². The van der Waals surface area contributed by atoms with Gasteiger partial charge in [0.15, 0.2) is 0 Å². The number of hydrogen-bond donors (Lipinski definition) is 0. The van der Waals surface area contributed by atoms with E-state index in [-0.39, 0.29) is 144 Å². The molecular weight excluding hydrogens is 569 g/mol. The third kappa shape index (κ3) is 23.7. The second-order valence-electron chi connectivity index (χ2n) is 0. The summed E-state index contributed by atoms with van der Waals surface area (Å²) in [6, 6.07) is 0. The zero-order valence-corrected chi connectivity index (χ0v) is 20.2. The fourth-order valence-electron chi connectivity index (χ4n) is 0. The Bertz CT molecular complexity index is 22.0. The minimum Gasteiger partial charge on any atom is -0.0149 e. The predicted molar refractivity (Wildman–Crippen MR) is 37.8 cm³/mol. The van der Waals surface area contributed by atoms with Crippen LogP contribution in [0.1, 0.15) is 2.85 Å². The molecule has 36 valence electrons. The maximum atomic E-state index is 0. The molecule has 6 heavy (non-hydrogen) atoms. The van der Waals surface area contributed by atoms with Crippen LogP contribution < -0.4 is 0 Å². The maximum absolute atomic E-state index is 0. The van der Waals surface area contributed by atoms with Gasteiger partial charge in [-0.25, -0.2) is 0 Å². The minimum absolute atomic E-state index is 0. The molecule has 0 amide bonds. The molecule has 0 aromatic heterocycles. The quantitative estimate of drug-likeness (QED) is 0.259. The monoisotopic (exact) mass is 580 g/mol. The van der Waals surface area contributed by atoms with E-state index in [1.165, 1.54) is 0 Å². The van der Waals surface area contributed by atoms with Gasteiger partial charge in [0, 0.05) is 36.5 Å². The topological polar surface area (TPSA) is 0 Å². The van der Waals surface area contributed by atoms with E-state index in [1.54, 1.807) is 0 Å². The Labute approximate surface area is 141 Å². The van der Waals surface area contributed by atoms with Gasteiger partial charge in [0.2, 0.25) is 0 Å². The van der Waals surface area contributed by atoms with Gasteiger partial charge >= 0.3 is 94.1 Å². The predicted octanol–water partition coefficient (Wildman–Crippen LogP) is -3.71. The van der Waals surface area contributed by atoms with Crippen LogP contribution in [0.4, 0.5) is 0 Å². The van der Waals surface area contributed by atoms with Crippen LogP contribution >= 0.6 is 0 Å². The molecule has 0 rings (SSSR count). The van der Waals surface area contributed by atoms with Crippen LogP contribution in [0.15, 0.2) is 0 Å². The van der Waals surface area contributed by atoms with Gasteiger partial charge in [0.25, 0.3) is 0 Å². The second-order valence-corrected chi connectivity index (χ2v) is 0. The van der Waals surface area contributed by atoms with Crippen LogP contribution in [0.25, 0.3) is 0 Å². The van der Waals surface area contributed by atoms with Gasteiger partial charge in [-0.2, -0.15) is 0 Å². The van der Waals surface area contributed by atoms with Gasteiger partial charge in [-0.15, -0.1) is 0 Å². The van der Waals surface area contributed by atoms with Gasteiger partial charge in [-0.05, 0) is 11.0 Å². The Balaban J connectivity index is 0. The van der Waals surface area contributed by atoms with Gasteiger partial charge in [0.05, 0.1) is 0 Å². The van der Waals surface area contributed by atoms with E-state index in [2.05, 4.69) is 0 Å². The molecule has 0 fully saturated rings. The first kappa shape index (κ1) is 47.4. The first-order chi connectivity index (χ1) is 0. The zero-order chi connectivity index (χ0) is 0. The summed E-state index contributed by atoms with van der Waals surface area (Å²) in [5, 5.41) is 0. The van der Waals surface area contributed by atoms with Crippen molar-refractivity contribution in [3.63, 3.8) is 0 Å². The molecule has 0 N–H and O–H groups in total. The smallest absolute Gasteiger partial charge is 0 e. The Morgan fingerprint density at radius 2 is 1.17 bits per heavy atom. The number of rotatable bonds is 0. The van der Waals surface area contributed by atoms with Crippen molar-refractivity contribution >= 4 is 105 Å². The van der Waals surface area contributed by atoms with Crippen molar-refractivity contribution in [1.82, 2.24) is 0 Å². The van der Waals surface area contributed by atoms with Crippen molar-refractivity contribution in [3.8, 4) is 0 Å². The van der Waals surface area contributed by atoms with Crippen molar-refractivity contribution in [2.75, 3.05) is 0 Å². The molecule has 6 heteroatoms. The molecule has 1 atom stereocenters. The van der Waals surface area contributed by atoms with Crippen LogP contribution in [0.5, 0.6) is 0 Å². The van der Waals surface area contributed by atoms with Crippen molar-refractivity contribution in [3.05, 3.63) is 0 Å². The molecule has 2 radical (unpaired) electrons. The van der Waals surface area contributed by atoms with Crippen molar-refractivity contribution in [2.45, 2.75) is 0 Å². The summed E-state index contributed by atoms with van der Waals surface area (Å²) in [5.74, 6) is 0. The van der Waals surface area contributed by atoms with E-state index in [1.807, 2.05) is 0 Å². The summed E-state index contributed by atoms with van der Waals surface area (Å²) in [7, 11) is 0. The molecule has 0 nitrogen and oxygen atoms in total. The summed E-state index contributed by atoms with van der Waals surface area (Å²) in [6.07, 6.45) is 0. The molecule has 0 saturated heterocycles. The van der Waals surface area contributed by atoms with Gasteiger partial charge in [-0.1, -0.05) is 0 Å². The summed E-state index contributed by atoms with van der Waals surface area (Å²) < 4.78 is 0. The SMILES string of the molecule is [AsH3].[Ba+2].[Fe].[H-].[H-].[PbH2].[SiH4].[Zn]. The first-order valence-electron chi connectivity index (χ1n) is 0. The van der Waals surface area contributed by atoms with Crippen LogP contribution in [0.3, 0.4) is 0 Å². The molecular formula is H11AsBaFePbSiZn. The maximum Gasteiger partial charge on any atom is 0 e. The Morgan fingerprint density at radius 3 is 1.17 bits per heavy atom. The molecule has 0 bridgehead atoms. The van der Waals surface area contributed by atoms with Crippen LogP contribution in [-0.2, 0) is 36.5 Å². The number of hydrogen-bond acceptors (Lipinski definition) is 0. The summed E-state index contributed by atoms with van der Waals surface area (Å²) in [6.45, 7) is 0. The summed E-state index contributed by atoms with van der Waals surface area (Å²) in [5.41, 5.74) is 0. The average Bonchev–Trinajstić information content (AvgIpc) is 0. The molecule has 0 saturated carbocycles. The minimum atomic E-state index is 0. The molecule has 0 aliphatic rings. The van der Waals surface area contributed by atoms with E-state index >= 15 is 0 Å². The van der Waals surface area contributed by atoms with E-state index < -0.39 is 0 Å². The van der Waals surface area contributed by atoms with E-state index in [0.29, 0.717) is 0 Å². The molecule has 0 aromatic carbocycles. The Morgan fingerprint density at radius 1 is 1.17 bits per heavy atom. The summed E-state index contributed by atoms with van der Waals surface area (Å²) >= 11 is 0. The van der Waals surface area contributed by atoms with Crippen molar-refractivity contribution in [1.29, 1.82) is 0 Å². The normalized spacial score (nSPS) is 0. The molecule has 0 aliphatic heterocycles. The first-order valence-corrected chi connectivity index (χ1v) is 0. The van der Waals surface area contributed by atoms with Gasteiger partial charge < -0.3 is 2.85 Å². The molecule has 1 unspecified atom stereocenters. The zero-order valence-electron chi connectivity index (χ0n) is 5.18. The van der Waals surface area contributed by atoms with E-state index in [9.17, 15) is 0 Å². The Hall–Kier alpha value is 4.41. The molecule has 0 aromatic rings. The van der Waals surface area contributed by atoms with Crippen LogP contribution in [-0.4, -0.2) is 105 Å². The third-order valence-electron chi connectivity index (χ3n) is 0. The molecule has 0 spiro atoms. The third-order valence-corrected chi connectivity index (χ3v) is 0. The average molecular weight is 580 g/mol. The van der Waals surface area contributed by atoms with Crippen LogP contribution in [0.2, 0.25) is 0 Å². The summed E-state index contributed by atoms with van der Waals surface area (Å²) in [4.78, 5) is 0. The van der Waals surface area contributed by atoms with Crippen molar-refractivity contribution < 1.29 is 39.4 Å². The fraction of sp³-hybridized carbons (Fsp3) is 0. The van der Waals surface area contributed by atoms with E-state index in [4.69, 9.17) is 0 Å². The van der Waals surface area contributed by atoms with Gasteiger partial charge in [0.1, 0.15) is 0 Å². The van der Waals surface area contributed by atoms with E-state index in [0.717, 1.165) is 0 Å². The fourth-order valence-corrected chi connectivity index (χ4v) is 0. The van der Waals surface area contributed by atoms with Gasteiger partial charge in [-0.3, -0.25) is 0 Å². The molecule has 0 heterocycles. The largest absolute Gasteiger partial charge is 0.0149 e. The van der Waals surface area contributed by atoms with Crippen LogP contribution in [0, 0.1) is 0 Å². The second kappa shape index (κ2) is 34.2. The Kier molecular flexibility index (Phi) is 270. The standard InChI is InChI=1S/AsH3.Ba.Fe.Pb.H4Si.Zn.4H/h1H3;;;;1H4;;;;;/q;+2;;;;;;;2*-1. The molecule has 0 aliphatic carbocycles.